The number of anilines is 1. The van der Waals surface area contributed by atoms with Crippen molar-refractivity contribution in [3.63, 3.8) is 0 Å². The molecule has 25 heavy (non-hydrogen) atoms. The SMILES string of the molecule is Cc1cccc(Oc2ccccc2NC(=O)N2CC(C)OC(C)C2)c1. The van der Waals surface area contributed by atoms with Gasteiger partial charge in [-0.3, -0.25) is 0 Å². The molecule has 0 aromatic heterocycles. The lowest BCUT2D eigenvalue weighted by Crippen LogP contribution is -2.49. The summed E-state index contributed by atoms with van der Waals surface area (Å²) in [5.74, 6) is 1.37. The van der Waals surface area contributed by atoms with Crippen molar-refractivity contribution in [1.82, 2.24) is 4.90 Å². The lowest BCUT2D eigenvalue weighted by molar-refractivity contribution is -0.0530. The zero-order valence-electron chi connectivity index (χ0n) is 14.9. The van der Waals surface area contributed by atoms with Crippen molar-refractivity contribution in [2.75, 3.05) is 18.4 Å². The standard InChI is InChI=1S/C20H24N2O3/c1-14-7-6-8-17(11-14)25-19-10-5-4-9-18(19)21-20(23)22-12-15(2)24-16(3)13-22/h4-11,15-16H,12-13H2,1-3H3,(H,21,23). The number of benzene rings is 2. The molecule has 1 aliphatic rings. The highest BCUT2D eigenvalue weighted by Crippen LogP contribution is 2.30. The third kappa shape index (κ3) is 4.51. The molecule has 2 aromatic carbocycles. The van der Waals surface area contributed by atoms with Crippen LogP contribution >= 0.6 is 0 Å². The number of urea groups is 1. The van der Waals surface area contributed by atoms with Gasteiger partial charge in [-0.25, -0.2) is 4.79 Å². The summed E-state index contributed by atoms with van der Waals surface area (Å²) in [6.07, 6.45) is 0.0709. The van der Waals surface area contributed by atoms with E-state index in [0.29, 0.717) is 24.5 Å². The second kappa shape index (κ2) is 7.57. The van der Waals surface area contributed by atoms with Crippen LogP contribution in [0.15, 0.2) is 48.5 Å². The first-order chi connectivity index (χ1) is 12.0. The number of para-hydroxylation sites is 2. The van der Waals surface area contributed by atoms with Crippen molar-refractivity contribution >= 4 is 11.7 Å². The van der Waals surface area contributed by atoms with Crippen molar-refractivity contribution in [2.24, 2.45) is 0 Å². The van der Waals surface area contributed by atoms with Crippen molar-refractivity contribution in [2.45, 2.75) is 33.0 Å². The fourth-order valence-corrected chi connectivity index (χ4v) is 3.00. The van der Waals surface area contributed by atoms with E-state index in [2.05, 4.69) is 5.32 Å². The Morgan fingerprint density at radius 3 is 2.56 bits per heavy atom. The number of aryl methyl sites for hydroxylation is 1. The molecule has 2 unspecified atom stereocenters. The van der Waals surface area contributed by atoms with Gasteiger partial charge in [0.05, 0.1) is 17.9 Å². The number of hydrogen-bond donors (Lipinski definition) is 1. The third-order valence-electron chi connectivity index (χ3n) is 4.05. The van der Waals surface area contributed by atoms with Crippen LogP contribution in [-0.4, -0.2) is 36.2 Å². The van der Waals surface area contributed by atoms with E-state index in [1.807, 2.05) is 69.3 Å². The largest absolute Gasteiger partial charge is 0.455 e. The summed E-state index contributed by atoms with van der Waals surface area (Å²) >= 11 is 0. The fraction of sp³-hybridized carbons (Fsp3) is 0.350. The van der Waals surface area contributed by atoms with Gasteiger partial charge in [0.2, 0.25) is 0 Å². The Morgan fingerprint density at radius 2 is 1.84 bits per heavy atom. The highest BCUT2D eigenvalue weighted by Gasteiger charge is 2.26. The summed E-state index contributed by atoms with van der Waals surface area (Å²) in [5.41, 5.74) is 1.77. The third-order valence-corrected chi connectivity index (χ3v) is 4.05. The summed E-state index contributed by atoms with van der Waals surface area (Å²) in [5, 5.41) is 2.96. The average Bonchev–Trinajstić information content (AvgIpc) is 2.56. The van der Waals surface area contributed by atoms with Gasteiger partial charge in [0.25, 0.3) is 0 Å². The smallest absolute Gasteiger partial charge is 0.322 e. The summed E-state index contributed by atoms with van der Waals surface area (Å²) in [7, 11) is 0. The number of amides is 2. The number of ether oxygens (including phenoxy) is 2. The average molecular weight is 340 g/mol. The van der Waals surface area contributed by atoms with Crippen molar-refractivity contribution in [1.29, 1.82) is 0 Å². The minimum absolute atomic E-state index is 0.0355. The lowest BCUT2D eigenvalue weighted by atomic mass is 10.2. The molecule has 1 aliphatic heterocycles. The van der Waals surface area contributed by atoms with E-state index >= 15 is 0 Å². The normalized spacial score (nSPS) is 20.2. The Bertz CT molecular complexity index is 737. The van der Waals surface area contributed by atoms with E-state index < -0.39 is 0 Å². The molecule has 5 heteroatoms. The predicted molar refractivity (Wildman–Crippen MR) is 98.3 cm³/mol. The van der Waals surface area contributed by atoms with Gasteiger partial charge in [0.1, 0.15) is 5.75 Å². The molecule has 1 heterocycles. The maximum absolute atomic E-state index is 12.6. The number of hydrogen-bond acceptors (Lipinski definition) is 3. The zero-order chi connectivity index (χ0) is 17.8. The van der Waals surface area contributed by atoms with Crippen LogP contribution in [-0.2, 0) is 4.74 Å². The number of carbonyl (C=O) groups excluding carboxylic acids is 1. The number of rotatable bonds is 3. The number of nitrogens with zero attached hydrogens (tertiary/aromatic N) is 1. The Labute approximate surface area is 148 Å². The fourth-order valence-electron chi connectivity index (χ4n) is 3.00. The maximum Gasteiger partial charge on any atom is 0.322 e. The Hall–Kier alpha value is -2.53. The molecule has 1 N–H and O–H groups in total. The van der Waals surface area contributed by atoms with Gasteiger partial charge in [-0.15, -0.1) is 0 Å². The predicted octanol–water partition coefficient (Wildman–Crippen LogP) is 4.43. The summed E-state index contributed by atoms with van der Waals surface area (Å²) < 4.78 is 11.6. The number of nitrogens with one attached hydrogen (secondary N) is 1. The van der Waals surface area contributed by atoms with Gasteiger partial charge in [-0.2, -0.15) is 0 Å². The second-order valence-corrected chi connectivity index (χ2v) is 6.51. The molecule has 0 bridgehead atoms. The van der Waals surface area contributed by atoms with Crippen LogP contribution in [0.25, 0.3) is 0 Å². The van der Waals surface area contributed by atoms with E-state index in [1.54, 1.807) is 4.90 Å². The van der Waals surface area contributed by atoms with Gasteiger partial charge < -0.3 is 19.7 Å². The second-order valence-electron chi connectivity index (χ2n) is 6.51. The topological polar surface area (TPSA) is 50.8 Å². The van der Waals surface area contributed by atoms with Crippen LogP contribution in [0.1, 0.15) is 19.4 Å². The first-order valence-corrected chi connectivity index (χ1v) is 8.56. The zero-order valence-corrected chi connectivity index (χ0v) is 14.9. The van der Waals surface area contributed by atoms with Crippen molar-refractivity contribution < 1.29 is 14.3 Å². The molecule has 0 aliphatic carbocycles. The molecule has 5 nitrogen and oxygen atoms in total. The molecule has 2 amide bonds. The molecule has 1 fully saturated rings. The van der Waals surface area contributed by atoms with Gasteiger partial charge >= 0.3 is 6.03 Å². The van der Waals surface area contributed by atoms with Crippen molar-refractivity contribution in [3.8, 4) is 11.5 Å². The Kier molecular flexibility index (Phi) is 5.24. The van der Waals surface area contributed by atoms with Crippen LogP contribution in [0.2, 0.25) is 0 Å². The highest BCUT2D eigenvalue weighted by atomic mass is 16.5. The van der Waals surface area contributed by atoms with Gasteiger partial charge in [0.15, 0.2) is 5.75 Å². The Morgan fingerprint density at radius 1 is 1.12 bits per heavy atom. The molecular weight excluding hydrogens is 316 g/mol. The molecule has 0 saturated carbocycles. The molecule has 2 atom stereocenters. The lowest BCUT2D eigenvalue weighted by Gasteiger charge is -2.35. The number of carbonyl (C=O) groups is 1. The monoisotopic (exact) mass is 340 g/mol. The van der Waals surface area contributed by atoms with Gasteiger partial charge in [0, 0.05) is 13.1 Å². The van der Waals surface area contributed by atoms with Crippen LogP contribution in [0, 0.1) is 6.92 Å². The van der Waals surface area contributed by atoms with E-state index in [9.17, 15) is 4.79 Å². The molecule has 0 spiro atoms. The first-order valence-electron chi connectivity index (χ1n) is 8.56. The van der Waals surface area contributed by atoms with E-state index in [-0.39, 0.29) is 18.2 Å². The minimum Gasteiger partial charge on any atom is -0.455 e. The van der Waals surface area contributed by atoms with E-state index in [4.69, 9.17) is 9.47 Å². The molecule has 3 rings (SSSR count). The summed E-state index contributed by atoms with van der Waals surface area (Å²) in [6.45, 7) is 7.13. The minimum atomic E-state index is -0.137. The highest BCUT2D eigenvalue weighted by molar-refractivity contribution is 5.91. The molecule has 2 aromatic rings. The van der Waals surface area contributed by atoms with Gasteiger partial charge in [-0.05, 0) is 50.6 Å². The van der Waals surface area contributed by atoms with Crippen LogP contribution in [0.5, 0.6) is 11.5 Å². The van der Waals surface area contributed by atoms with Crippen molar-refractivity contribution in [3.05, 3.63) is 54.1 Å². The molecule has 0 radical (unpaired) electrons. The first kappa shape index (κ1) is 17.3. The molecule has 132 valence electrons. The van der Waals surface area contributed by atoms with Crippen LogP contribution in [0.3, 0.4) is 0 Å². The molecular formula is C20H24N2O3. The maximum atomic E-state index is 12.6. The van der Waals surface area contributed by atoms with Gasteiger partial charge in [-0.1, -0.05) is 24.3 Å². The molecule has 1 saturated heterocycles. The van der Waals surface area contributed by atoms with Crippen LogP contribution in [0.4, 0.5) is 10.5 Å². The van der Waals surface area contributed by atoms with E-state index in [1.165, 1.54) is 0 Å². The number of morpholine rings is 1. The summed E-state index contributed by atoms with van der Waals surface area (Å²) in [4.78, 5) is 14.4. The quantitative estimate of drug-likeness (QED) is 0.899. The van der Waals surface area contributed by atoms with Crippen LogP contribution < -0.4 is 10.1 Å². The summed E-state index contributed by atoms with van der Waals surface area (Å²) in [6, 6.07) is 15.1. The van der Waals surface area contributed by atoms with E-state index in [0.717, 1.165) is 11.3 Å². The Balaban J connectivity index is 1.73.